The van der Waals surface area contributed by atoms with E-state index in [9.17, 15) is 9.59 Å². The van der Waals surface area contributed by atoms with Crippen molar-refractivity contribution < 1.29 is 9.59 Å². The Morgan fingerprint density at radius 2 is 1.73 bits per heavy atom. The third kappa shape index (κ3) is 1.37. The second-order valence-electron chi connectivity index (χ2n) is 2.15. The summed E-state index contributed by atoms with van der Waals surface area (Å²) in [7, 11) is 0. The van der Waals surface area contributed by atoms with Crippen LogP contribution in [0.15, 0.2) is 21.7 Å². The van der Waals surface area contributed by atoms with Gasteiger partial charge in [-0.3, -0.25) is 9.59 Å². The van der Waals surface area contributed by atoms with E-state index >= 15 is 0 Å². The fourth-order valence-corrected chi connectivity index (χ4v) is 1.09. The monoisotopic (exact) mass is 191 g/mol. The van der Waals surface area contributed by atoms with Crippen LogP contribution in [-0.2, 0) is 9.59 Å². The Morgan fingerprint density at radius 3 is 2.27 bits per heavy atom. The zero-order valence-electron chi connectivity index (χ0n) is 5.65. The molecule has 0 amide bonds. The van der Waals surface area contributed by atoms with Gasteiger partial charge >= 0.3 is 0 Å². The van der Waals surface area contributed by atoms with Crippen LogP contribution in [0.3, 0.4) is 0 Å². The van der Waals surface area contributed by atoms with E-state index in [0.717, 1.165) is 0 Å². The molecule has 11 heavy (non-hydrogen) atoms. The molecule has 0 saturated carbocycles. The van der Waals surface area contributed by atoms with E-state index in [4.69, 9.17) is 23.2 Å². The molecule has 0 aromatic heterocycles. The summed E-state index contributed by atoms with van der Waals surface area (Å²) in [4.78, 5) is 21.8. The Morgan fingerprint density at radius 1 is 1.18 bits per heavy atom. The molecule has 0 heterocycles. The maximum absolute atomic E-state index is 11.0. The first-order chi connectivity index (χ1) is 5.04. The Hall–Kier alpha value is -0.600. The summed E-state index contributed by atoms with van der Waals surface area (Å²) in [6.07, 6.45) is 1.18. The van der Waals surface area contributed by atoms with E-state index < -0.39 is 5.78 Å². The minimum Gasteiger partial charge on any atom is -0.288 e. The van der Waals surface area contributed by atoms with Gasteiger partial charge in [0.2, 0.25) is 5.78 Å². The first-order valence-electron chi connectivity index (χ1n) is 2.86. The highest BCUT2D eigenvalue weighted by Crippen LogP contribution is 2.24. The zero-order chi connectivity index (χ0) is 8.59. The number of hydrogen-bond donors (Lipinski definition) is 0. The van der Waals surface area contributed by atoms with Gasteiger partial charge in [-0.05, 0) is 13.0 Å². The van der Waals surface area contributed by atoms with Gasteiger partial charge < -0.3 is 0 Å². The normalized spacial score (nSPS) is 19.0. The first-order valence-corrected chi connectivity index (χ1v) is 3.62. The smallest absolute Gasteiger partial charge is 0.201 e. The van der Waals surface area contributed by atoms with E-state index in [2.05, 4.69) is 0 Å². The van der Waals surface area contributed by atoms with Gasteiger partial charge in [0, 0.05) is 5.57 Å². The van der Waals surface area contributed by atoms with E-state index in [1.54, 1.807) is 0 Å². The molecule has 0 unspecified atom stereocenters. The molecule has 1 aliphatic carbocycles. The molecule has 0 bridgehead atoms. The Bertz CT molecular complexity index is 300. The van der Waals surface area contributed by atoms with Crippen molar-refractivity contribution in [2.24, 2.45) is 0 Å². The summed E-state index contributed by atoms with van der Waals surface area (Å²) >= 11 is 10.9. The van der Waals surface area contributed by atoms with Gasteiger partial charge in [0.1, 0.15) is 10.1 Å². The number of hydrogen-bond acceptors (Lipinski definition) is 2. The predicted octanol–water partition coefficient (Wildman–Crippen LogP) is 1.77. The van der Waals surface area contributed by atoms with Gasteiger partial charge in [0.15, 0.2) is 5.78 Å². The first kappa shape index (κ1) is 8.50. The van der Waals surface area contributed by atoms with E-state index in [1.165, 1.54) is 13.0 Å². The topological polar surface area (TPSA) is 34.1 Å². The Labute approximate surface area is 73.5 Å². The lowest BCUT2D eigenvalue weighted by atomic mass is 10.1. The van der Waals surface area contributed by atoms with Crippen molar-refractivity contribution in [2.75, 3.05) is 0 Å². The SMILES string of the molecule is CC1=C[13C](=O)C(Cl)=C(Cl)C1=O. The lowest BCUT2D eigenvalue weighted by Crippen LogP contribution is -2.12. The third-order valence-electron chi connectivity index (χ3n) is 1.31. The molecule has 0 aliphatic heterocycles. The molecule has 0 saturated heterocycles. The number of carbonyl (C=O) groups excluding carboxylic acids is 2. The molecule has 2 nitrogen and oxygen atoms in total. The summed E-state index contributed by atoms with van der Waals surface area (Å²) in [5.74, 6) is -0.787. The number of carbonyl (C=O) groups is 2. The van der Waals surface area contributed by atoms with Crippen molar-refractivity contribution in [2.45, 2.75) is 6.92 Å². The fourth-order valence-electron chi connectivity index (χ4n) is 0.706. The number of Topliss-reactive ketones (excluding diaryl/α,β-unsaturated/α-hetero) is 1. The van der Waals surface area contributed by atoms with Gasteiger partial charge in [-0.2, -0.15) is 0 Å². The average molecular weight is 192 g/mol. The minimum absolute atomic E-state index is 0.184. The van der Waals surface area contributed by atoms with E-state index in [-0.39, 0.29) is 15.8 Å². The van der Waals surface area contributed by atoms with Crippen LogP contribution < -0.4 is 0 Å². The van der Waals surface area contributed by atoms with Crippen molar-refractivity contribution in [1.29, 1.82) is 0 Å². The largest absolute Gasteiger partial charge is 0.288 e. The van der Waals surface area contributed by atoms with Crippen LogP contribution in [-0.4, -0.2) is 11.6 Å². The fraction of sp³-hybridized carbons (Fsp3) is 0.143. The highest BCUT2D eigenvalue weighted by molar-refractivity contribution is 6.58. The van der Waals surface area contributed by atoms with Gasteiger partial charge in [-0.25, -0.2) is 0 Å². The molecule has 0 radical (unpaired) electrons. The minimum atomic E-state index is -0.409. The molecule has 0 N–H and O–H groups in total. The predicted molar refractivity (Wildman–Crippen MR) is 42.5 cm³/mol. The van der Waals surface area contributed by atoms with Crippen LogP contribution in [0.1, 0.15) is 6.92 Å². The number of rotatable bonds is 0. The van der Waals surface area contributed by atoms with E-state index in [0.29, 0.717) is 5.57 Å². The zero-order valence-corrected chi connectivity index (χ0v) is 7.16. The van der Waals surface area contributed by atoms with Crippen LogP contribution in [0.2, 0.25) is 0 Å². The molecular formula is C7H4Cl2O2. The molecule has 58 valence electrons. The quantitative estimate of drug-likeness (QED) is 0.433. The second-order valence-corrected chi connectivity index (χ2v) is 2.90. The van der Waals surface area contributed by atoms with Crippen LogP contribution in [0.25, 0.3) is 0 Å². The molecule has 1 aliphatic rings. The van der Waals surface area contributed by atoms with Gasteiger partial charge in [0.25, 0.3) is 0 Å². The lowest BCUT2D eigenvalue weighted by molar-refractivity contribution is -0.115. The summed E-state index contributed by atoms with van der Waals surface area (Å²) < 4.78 is 0. The Balaban J connectivity index is 3.19. The maximum Gasteiger partial charge on any atom is 0.201 e. The number of ketones is 2. The molecular weight excluding hydrogens is 188 g/mol. The molecule has 4 heteroatoms. The van der Waals surface area contributed by atoms with Crippen molar-refractivity contribution in [3.05, 3.63) is 21.7 Å². The summed E-state index contributed by atoms with van der Waals surface area (Å²) in [6.45, 7) is 1.52. The molecule has 0 spiro atoms. The van der Waals surface area contributed by atoms with Crippen LogP contribution in [0, 0.1) is 0 Å². The van der Waals surface area contributed by atoms with Crippen molar-refractivity contribution in [1.82, 2.24) is 0 Å². The number of allylic oxidation sites excluding steroid dienone is 4. The molecule has 0 aromatic rings. The van der Waals surface area contributed by atoms with Crippen LogP contribution in [0.4, 0.5) is 0 Å². The maximum atomic E-state index is 11.0. The van der Waals surface area contributed by atoms with Crippen LogP contribution >= 0.6 is 23.2 Å². The molecule has 0 atom stereocenters. The molecule has 1 rings (SSSR count). The van der Waals surface area contributed by atoms with E-state index in [1.807, 2.05) is 0 Å². The average Bonchev–Trinajstić information content (AvgIpc) is 1.97. The standard InChI is InChI=1S/C7H4Cl2O2/c1-3-2-4(10)5(8)6(9)7(3)11/h2H,1H3/i4+1. The molecule has 0 fully saturated rings. The highest BCUT2D eigenvalue weighted by Gasteiger charge is 2.23. The second kappa shape index (κ2) is 2.80. The summed E-state index contributed by atoms with van der Waals surface area (Å²) in [6, 6.07) is 0. The van der Waals surface area contributed by atoms with Crippen molar-refractivity contribution >= 4 is 34.8 Å². The van der Waals surface area contributed by atoms with Crippen molar-refractivity contribution in [3.8, 4) is 0 Å². The van der Waals surface area contributed by atoms with Gasteiger partial charge in [-0.15, -0.1) is 0 Å². The summed E-state index contributed by atoms with van der Waals surface area (Å²) in [5, 5.41) is -0.376. The lowest BCUT2D eigenvalue weighted by Gasteiger charge is -2.06. The van der Waals surface area contributed by atoms with Gasteiger partial charge in [0.05, 0.1) is 0 Å². The molecule has 0 aromatic carbocycles. The summed E-state index contributed by atoms with van der Waals surface area (Å²) in [5.41, 5.74) is 0.324. The highest BCUT2D eigenvalue weighted by atomic mass is 35.5. The Kier molecular flexibility index (Phi) is 2.16. The van der Waals surface area contributed by atoms with Crippen molar-refractivity contribution in [3.63, 3.8) is 0 Å². The van der Waals surface area contributed by atoms with Gasteiger partial charge in [-0.1, -0.05) is 23.2 Å². The third-order valence-corrected chi connectivity index (χ3v) is 2.15. The number of halogens is 2. The van der Waals surface area contributed by atoms with Crippen LogP contribution in [0.5, 0.6) is 0 Å².